The van der Waals surface area contributed by atoms with E-state index in [1.165, 1.54) is 6.33 Å². The van der Waals surface area contributed by atoms with Crippen LogP contribution in [0.15, 0.2) is 12.5 Å². The molecule has 1 aliphatic rings. The summed E-state index contributed by atoms with van der Waals surface area (Å²) in [6, 6.07) is -0.0108. The van der Waals surface area contributed by atoms with E-state index in [1.54, 1.807) is 10.9 Å². The van der Waals surface area contributed by atoms with Crippen LogP contribution in [0.25, 0.3) is 11.0 Å². The maximum Gasteiger partial charge on any atom is 0.163 e. The minimum absolute atomic E-state index is 0.0108. The van der Waals surface area contributed by atoms with Gasteiger partial charge in [-0.2, -0.15) is 5.10 Å². The molecule has 0 spiro atoms. The first kappa shape index (κ1) is 13.3. The van der Waals surface area contributed by atoms with E-state index >= 15 is 0 Å². The zero-order valence-electron chi connectivity index (χ0n) is 11.5. The Morgan fingerprint density at radius 3 is 2.90 bits per heavy atom. The van der Waals surface area contributed by atoms with E-state index in [4.69, 9.17) is 0 Å². The Balaban J connectivity index is 2.04. The average molecular weight is 295 g/mol. The lowest BCUT2D eigenvalue weighted by atomic mass is 10.2. The van der Waals surface area contributed by atoms with Gasteiger partial charge in [0.05, 0.1) is 23.1 Å². The predicted octanol–water partition coefficient (Wildman–Crippen LogP) is 0.377. The van der Waals surface area contributed by atoms with Crippen LogP contribution in [-0.4, -0.2) is 52.3 Å². The van der Waals surface area contributed by atoms with Gasteiger partial charge in [0.15, 0.2) is 15.5 Å². The van der Waals surface area contributed by atoms with Crippen LogP contribution in [-0.2, 0) is 16.9 Å². The molecule has 1 aliphatic heterocycles. The molecular weight excluding hydrogens is 278 g/mol. The summed E-state index contributed by atoms with van der Waals surface area (Å²) in [5.41, 5.74) is 0.759. The summed E-state index contributed by atoms with van der Waals surface area (Å²) < 4.78 is 25.1. The van der Waals surface area contributed by atoms with Crippen LogP contribution < -0.4 is 4.90 Å². The van der Waals surface area contributed by atoms with E-state index < -0.39 is 9.84 Å². The van der Waals surface area contributed by atoms with Crippen LogP contribution in [0.1, 0.15) is 13.3 Å². The van der Waals surface area contributed by atoms with Crippen molar-refractivity contribution in [3.8, 4) is 0 Å². The highest BCUT2D eigenvalue weighted by Gasteiger charge is 2.33. The normalized spacial score (nSPS) is 21.4. The molecule has 1 atom stereocenters. The van der Waals surface area contributed by atoms with Crippen molar-refractivity contribution in [1.29, 1.82) is 0 Å². The average Bonchev–Trinajstić information content (AvgIpc) is 2.95. The molecule has 1 fully saturated rings. The lowest BCUT2D eigenvalue weighted by molar-refractivity contribution is 0.599. The minimum atomic E-state index is -2.91. The molecule has 0 aromatic carbocycles. The standard InChI is InChI=1S/C12H17N5O2S/c1-3-17(9-4-5-20(18,19)7-9)12-10-6-15-16(2)11(10)13-8-14-12/h6,8-9H,3-5,7H2,1-2H3. The summed E-state index contributed by atoms with van der Waals surface area (Å²) in [7, 11) is -1.08. The molecule has 0 bridgehead atoms. The van der Waals surface area contributed by atoms with Crippen LogP contribution >= 0.6 is 0 Å². The lowest BCUT2D eigenvalue weighted by Crippen LogP contribution is -2.36. The molecule has 8 heteroatoms. The van der Waals surface area contributed by atoms with Crippen molar-refractivity contribution in [1.82, 2.24) is 19.7 Å². The Morgan fingerprint density at radius 2 is 2.25 bits per heavy atom. The number of sulfone groups is 1. The Hall–Kier alpha value is -1.70. The fraction of sp³-hybridized carbons (Fsp3) is 0.583. The summed E-state index contributed by atoms with van der Waals surface area (Å²) in [4.78, 5) is 10.6. The molecule has 7 nitrogen and oxygen atoms in total. The minimum Gasteiger partial charge on any atom is -0.352 e. The Morgan fingerprint density at radius 1 is 1.45 bits per heavy atom. The van der Waals surface area contributed by atoms with Crippen molar-refractivity contribution in [3.05, 3.63) is 12.5 Å². The summed E-state index contributed by atoms with van der Waals surface area (Å²) >= 11 is 0. The second-order valence-corrected chi connectivity index (χ2v) is 7.27. The first-order valence-corrected chi connectivity index (χ1v) is 8.43. The van der Waals surface area contributed by atoms with Crippen LogP contribution in [0, 0.1) is 0 Å². The molecule has 3 heterocycles. The predicted molar refractivity (Wildman–Crippen MR) is 76.4 cm³/mol. The fourth-order valence-corrected chi connectivity index (χ4v) is 4.51. The summed E-state index contributed by atoms with van der Waals surface area (Å²) in [5.74, 6) is 1.23. The Labute approximate surface area is 117 Å². The third-order valence-electron chi connectivity index (χ3n) is 3.77. The van der Waals surface area contributed by atoms with Crippen molar-refractivity contribution in [2.45, 2.75) is 19.4 Å². The smallest absolute Gasteiger partial charge is 0.163 e. The van der Waals surface area contributed by atoms with E-state index in [2.05, 4.69) is 20.0 Å². The van der Waals surface area contributed by atoms with Gasteiger partial charge in [-0.15, -0.1) is 0 Å². The van der Waals surface area contributed by atoms with Crippen LogP contribution in [0.3, 0.4) is 0 Å². The van der Waals surface area contributed by atoms with Gasteiger partial charge in [-0.05, 0) is 13.3 Å². The van der Waals surface area contributed by atoms with Crippen molar-refractivity contribution in [2.24, 2.45) is 7.05 Å². The molecule has 1 unspecified atom stereocenters. The molecule has 2 aromatic heterocycles. The summed E-state index contributed by atoms with van der Waals surface area (Å²) in [6.45, 7) is 2.72. The molecule has 2 aromatic rings. The van der Waals surface area contributed by atoms with Gasteiger partial charge >= 0.3 is 0 Å². The van der Waals surface area contributed by atoms with E-state index in [0.717, 1.165) is 16.9 Å². The largest absolute Gasteiger partial charge is 0.352 e. The van der Waals surface area contributed by atoms with E-state index in [0.29, 0.717) is 13.0 Å². The van der Waals surface area contributed by atoms with Gasteiger partial charge in [-0.1, -0.05) is 0 Å². The highest BCUT2D eigenvalue weighted by Crippen LogP contribution is 2.27. The highest BCUT2D eigenvalue weighted by atomic mass is 32.2. The second-order valence-electron chi connectivity index (χ2n) is 5.05. The van der Waals surface area contributed by atoms with E-state index in [1.807, 2.05) is 14.0 Å². The maximum atomic E-state index is 11.7. The molecule has 0 amide bonds. The number of aryl methyl sites for hydroxylation is 1. The number of rotatable bonds is 3. The Kier molecular flexibility index (Phi) is 3.12. The van der Waals surface area contributed by atoms with E-state index in [9.17, 15) is 8.42 Å². The summed E-state index contributed by atoms with van der Waals surface area (Å²) in [6.07, 6.45) is 3.89. The number of anilines is 1. The van der Waals surface area contributed by atoms with Crippen molar-refractivity contribution in [3.63, 3.8) is 0 Å². The monoisotopic (exact) mass is 295 g/mol. The number of aromatic nitrogens is 4. The SMILES string of the molecule is CCN(c1ncnc2c1cnn2C)C1CCS(=O)(=O)C1. The van der Waals surface area contributed by atoms with Gasteiger partial charge in [-0.25, -0.2) is 18.4 Å². The second kappa shape index (κ2) is 4.69. The molecular formula is C12H17N5O2S. The summed E-state index contributed by atoms with van der Waals surface area (Å²) in [5, 5.41) is 5.06. The van der Waals surface area contributed by atoms with Crippen LogP contribution in [0.4, 0.5) is 5.82 Å². The fourth-order valence-electron chi connectivity index (χ4n) is 2.78. The molecule has 108 valence electrons. The quantitative estimate of drug-likeness (QED) is 0.814. The molecule has 20 heavy (non-hydrogen) atoms. The van der Waals surface area contributed by atoms with Crippen LogP contribution in [0.5, 0.6) is 0 Å². The van der Waals surface area contributed by atoms with Gasteiger partial charge in [0.1, 0.15) is 12.1 Å². The number of fused-ring (bicyclic) bond motifs is 1. The van der Waals surface area contributed by atoms with Gasteiger partial charge in [0.2, 0.25) is 0 Å². The third kappa shape index (κ3) is 2.13. The van der Waals surface area contributed by atoms with Gasteiger partial charge in [-0.3, -0.25) is 4.68 Å². The molecule has 0 aliphatic carbocycles. The number of hydrogen-bond acceptors (Lipinski definition) is 6. The zero-order chi connectivity index (χ0) is 14.3. The Bertz CT molecular complexity index is 739. The molecule has 3 rings (SSSR count). The number of nitrogens with zero attached hydrogens (tertiary/aromatic N) is 5. The topological polar surface area (TPSA) is 81.0 Å². The van der Waals surface area contributed by atoms with Crippen molar-refractivity contribution in [2.75, 3.05) is 23.0 Å². The number of hydrogen-bond donors (Lipinski definition) is 0. The lowest BCUT2D eigenvalue weighted by Gasteiger charge is -2.28. The maximum absolute atomic E-state index is 11.7. The first-order chi connectivity index (χ1) is 9.52. The molecule has 0 saturated carbocycles. The van der Waals surface area contributed by atoms with Crippen molar-refractivity contribution >= 4 is 26.7 Å². The molecule has 1 saturated heterocycles. The van der Waals surface area contributed by atoms with Crippen LogP contribution in [0.2, 0.25) is 0 Å². The molecule has 0 N–H and O–H groups in total. The molecule has 0 radical (unpaired) electrons. The highest BCUT2D eigenvalue weighted by molar-refractivity contribution is 7.91. The van der Waals surface area contributed by atoms with Gasteiger partial charge in [0.25, 0.3) is 0 Å². The first-order valence-electron chi connectivity index (χ1n) is 6.61. The van der Waals surface area contributed by atoms with Gasteiger partial charge in [0, 0.05) is 19.6 Å². The van der Waals surface area contributed by atoms with Crippen molar-refractivity contribution < 1.29 is 8.42 Å². The van der Waals surface area contributed by atoms with Gasteiger partial charge < -0.3 is 4.90 Å². The zero-order valence-corrected chi connectivity index (χ0v) is 12.3. The van der Waals surface area contributed by atoms with E-state index in [-0.39, 0.29) is 17.5 Å². The third-order valence-corrected chi connectivity index (χ3v) is 5.52.